The van der Waals surface area contributed by atoms with Crippen LogP contribution in [-0.4, -0.2) is 49.3 Å². The lowest BCUT2D eigenvalue weighted by molar-refractivity contribution is -0.130. The predicted molar refractivity (Wildman–Crippen MR) is 102 cm³/mol. The van der Waals surface area contributed by atoms with Crippen molar-refractivity contribution < 1.29 is 19.4 Å². The van der Waals surface area contributed by atoms with Crippen molar-refractivity contribution in [3.05, 3.63) is 59.7 Å². The second-order valence-electron chi connectivity index (χ2n) is 7.62. The molecular formula is C22H25NO4. The van der Waals surface area contributed by atoms with Crippen LogP contribution in [0, 0.1) is 11.3 Å². The molecule has 0 saturated carbocycles. The average molecular weight is 367 g/mol. The lowest BCUT2D eigenvalue weighted by atomic mass is 9.75. The van der Waals surface area contributed by atoms with Gasteiger partial charge in [-0.2, -0.15) is 0 Å². The minimum atomic E-state index is -0.337. The molecule has 0 radical (unpaired) electrons. The number of methoxy groups -OCH3 is 1. The van der Waals surface area contributed by atoms with E-state index in [0.29, 0.717) is 26.1 Å². The summed E-state index contributed by atoms with van der Waals surface area (Å²) < 4.78 is 11.2. The van der Waals surface area contributed by atoms with Gasteiger partial charge in [-0.25, -0.2) is 0 Å². The first-order valence-electron chi connectivity index (χ1n) is 9.36. The van der Waals surface area contributed by atoms with Gasteiger partial charge in [-0.15, -0.1) is 0 Å². The van der Waals surface area contributed by atoms with E-state index < -0.39 is 0 Å². The molecule has 0 bridgehead atoms. The van der Waals surface area contributed by atoms with Gasteiger partial charge in [-0.3, -0.25) is 4.79 Å². The maximum Gasteiger partial charge on any atom is 0.227 e. The van der Waals surface area contributed by atoms with Crippen molar-refractivity contribution in [3.63, 3.8) is 0 Å². The Morgan fingerprint density at radius 3 is 2.96 bits per heavy atom. The zero-order chi connectivity index (χ0) is 18.9. The molecule has 0 unspecified atom stereocenters. The average Bonchev–Trinajstić information content (AvgIpc) is 2.99. The van der Waals surface area contributed by atoms with Crippen molar-refractivity contribution in [2.45, 2.75) is 12.8 Å². The van der Waals surface area contributed by atoms with E-state index in [1.165, 1.54) is 0 Å². The summed E-state index contributed by atoms with van der Waals surface area (Å²) in [6, 6.07) is 15.6. The highest BCUT2D eigenvalue weighted by atomic mass is 16.5. The zero-order valence-corrected chi connectivity index (χ0v) is 15.6. The number of benzene rings is 2. The first-order valence-corrected chi connectivity index (χ1v) is 9.36. The van der Waals surface area contributed by atoms with Crippen molar-refractivity contribution >= 4 is 5.91 Å². The molecule has 1 N–H and O–H groups in total. The fourth-order valence-electron chi connectivity index (χ4n) is 4.32. The Labute approximate surface area is 159 Å². The second-order valence-corrected chi connectivity index (χ2v) is 7.62. The number of hydrogen-bond donors (Lipinski definition) is 1. The largest absolute Gasteiger partial charge is 0.497 e. The summed E-state index contributed by atoms with van der Waals surface area (Å²) in [4.78, 5) is 14.8. The Balaban J connectivity index is 1.51. The normalized spacial score (nSPS) is 23.8. The SMILES string of the molecule is COc1cccc(CC(=O)N2C[C@H]3COc4ccccc4C[C@@]3(CO)C2)c1. The van der Waals surface area contributed by atoms with Gasteiger partial charge in [-0.1, -0.05) is 30.3 Å². The number of aliphatic hydroxyl groups excluding tert-OH is 1. The maximum atomic E-state index is 12.9. The Hall–Kier alpha value is -2.53. The van der Waals surface area contributed by atoms with Crippen LogP contribution in [0.25, 0.3) is 0 Å². The molecule has 2 aliphatic rings. The molecule has 27 heavy (non-hydrogen) atoms. The van der Waals surface area contributed by atoms with E-state index in [4.69, 9.17) is 9.47 Å². The van der Waals surface area contributed by atoms with E-state index in [1.807, 2.05) is 47.4 Å². The molecule has 2 aliphatic heterocycles. The quantitative estimate of drug-likeness (QED) is 0.901. The number of carbonyl (C=O) groups excluding carboxylic acids is 1. The molecule has 5 heteroatoms. The van der Waals surface area contributed by atoms with Crippen LogP contribution in [0.1, 0.15) is 11.1 Å². The van der Waals surface area contributed by atoms with Crippen LogP contribution < -0.4 is 9.47 Å². The molecule has 1 amide bonds. The molecule has 0 spiro atoms. The van der Waals surface area contributed by atoms with E-state index in [0.717, 1.165) is 29.0 Å². The maximum absolute atomic E-state index is 12.9. The number of rotatable bonds is 4. The molecule has 0 aromatic heterocycles. The Morgan fingerprint density at radius 1 is 1.30 bits per heavy atom. The molecule has 2 aromatic rings. The zero-order valence-electron chi connectivity index (χ0n) is 15.6. The predicted octanol–water partition coefficient (Wildman–Crippen LogP) is 2.31. The van der Waals surface area contributed by atoms with Gasteiger partial charge < -0.3 is 19.5 Å². The molecule has 142 valence electrons. The number of likely N-dealkylation sites (tertiary alicyclic amines) is 1. The molecule has 1 saturated heterocycles. The molecule has 2 atom stereocenters. The number of nitrogens with zero attached hydrogens (tertiary/aromatic N) is 1. The van der Waals surface area contributed by atoms with Crippen molar-refractivity contribution in [2.24, 2.45) is 11.3 Å². The number of aliphatic hydroxyl groups is 1. The van der Waals surface area contributed by atoms with E-state index >= 15 is 0 Å². The van der Waals surface area contributed by atoms with Gasteiger partial charge in [0.15, 0.2) is 0 Å². The Kier molecular flexibility index (Phi) is 4.79. The van der Waals surface area contributed by atoms with Gasteiger partial charge >= 0.3 is 0 Å². The lowest BCUT2D eigenvalue weighted by Crippen LogP contribution is -2.38. The van der Waals surface area contributed by atoms with Crippen LogP contribution in [0.2, 0.25) is 0 Å². The third kappa shape index (κ3) is 3.39. The molecule has 1 fully saturated rings. The van der Waals surface area contributed by atoms with Crippen LogP contribution in [0.5, 0.6) is 11.5 Å². The van der Waals surface area contributed by atoms with Crippen molar-refractivity contribution in [1.82, 2.24) is 4.90 Å². The second kappa shape index (κ2) is 7.24. The van der Waals surface area contributed by atoms with Crippen LogP contribution in [0.3, 0.4) is 0 Å². The summed E-state index contributed by atoms with van der Waals surface area (Å²) in [5.74, 6) is 1.86. The number of para-hydroxylation sites is 1. The number of ether oxygens (including phenoxy) is 2. The highest BCUT2D eigenvalue weighted by Gasteiger charge is 2.49. The van der Waals surface area contributed by atoms with Crippen LogP contribution in [-0.2, 0) is 17.6 Å². The lowest BCUT2D eigenvalue weighted by Gasteiger charge is -2.30. The number of amides is 1. The fraction of sp³-hybridized carbons (Fsp3) is 0.409. The summed E-state index contributed by atoms with van der Waals surface area (Å²) in [5, 5.41) is 10.3. The summed E-state index contributed by atoms with van der Waals surface area (Å²) in [6.45, 7) is 1.77. The Morgan fingerprint density at radius 2 is 2.15 bits per heavy atom. The van der Waals surface area contributed by atoms with Crippen LogP contribution in [0.4, 0.5) is 0 Å². The first kappa shape index (κ1) is 17.9. The van der Waals surface area contributed by atoms with Gasteiger partial charge in [0.1, 0.15) is 11.5 Å². The molecule has 4 rings (SSSR count). The summed E-state index contributed by atoms with van der Waals surface area (Å²) in [6.07, 6.45) is 1.07. The van der Waals surface area contributed by atoms with Crippen LogP contribution in [0.15, 0.2) is 48.5 Å². The monoisotopic (exact) mass is 367 g/mol. The number of carbonyl (C=O) groups is 1. The fourth-order valence-corrected chi connectivity index (χ4v) is 4.32. The van der Waals surface area contributed by atoms with E-state index in [2.05, 4.69) is 6.07 Å². The van der Waals surface area contributed by atoms with E-state index in [9.17, 15) is 9.90 Å². The number of fused-ring (bicyclic) bond motifs is 2. The molecule has 2 heterocycles. The van der Waals surface area contributed by atoms with Gasteiger partial charge in [0.05, 0.1) is 26.7 Å². The topological polar surface area (TPSA) is 59.0 Å². The summed E-state index contributed by atoms with van der Waals surface area (Å²) in [7, 11) is 1.62. The van der Waals surface area contributed by atoms with Crippen LogP contribution >= 0.6 is 0 Å². The third-order valence-corrected chi connectivity index (χ3v) is 5.92. The number of hydrogen-bond acceptors (Lipinski definition) is 4. The summed E-state index contributed by atoms with van der Waals surface area (Å²) in [5.41, 5.74) is 1.71. The minimum absolute atomic E-state index is 0.0539. The molecule has 0 aliphatic carbocycles. The van der Waals surface area contributed by atoms with E-state index in [1.54, 1.807) is 7.11 Å². The van der Waals surface area contributed by atoms with Gasteiger partial charge in [0, 0.05) is 24.4 Å². The Bertz CT molecular complexity index is 837. The molecule has 2 aromatic carbocycles. The van der Waals surface area contributed by atoms with E-state index in [-0.39, 0.29) is 23.8 Å². The highest BCUT2D eigenvalue weighted by Crippen LogP contribution is 2.43. The highest BCUT2D eigenvalue weighted by molar-refractivity contribution is 5.79. The molecule has 5 nitrogen and oxygen atoms in total. The summed E-state index contributed by atoms with van der Waals surface area (Å²) >= 11 is 0. The van der Waals surface area contributed by atoms with Crippen molar-refractivity contribution in [3.8, 4) is 11.5 Å². The van der Waals surface area contributed by atoms with Crippen molar-refractivity contribution in [1.29, 1.82) is 0 Å². The molecular weight excluding hydrogens is 342 g/mol. The minimum Gasteiger partial charge on any atom is -0.497 e. The van der Waals surface area contributed by atoms with Crippen molar-refractivity contribution in [2.75, 3.05) is 33.4 Å². The van der Waals surface area contributed by atoms with Gasteiger partial charge in [0.2, 0.25) is 5.91 Å². The van der Waals surface area contributed by atoms with Gasteiger partial charge in [0.25, 0.3) is 0 Å². The van der Waals surface area contributed by atoms with Gasteiger partial charge in [-0.05, 0) is 35.7 Å². The smallest absolute Gasteiger partial charge is 0.227 e. The standard InChI is InChI=1S/C22H25NO4/c1-26-19-7-4-5-16(9-19)10-21(25)23-12-18-13-27-20-8-3-2-6-17(20)11-22(18,14-23)15-24/h2-9,18,24H,10-15H2,1H3/t18-,22-/m0/s1. The first-order chi connectivity index (χ1) is 13.1. The third-order valence-electron chi connectivity index (χ3n) is 5.92.